The number of nitrogens with zero attached hydrogens (tertiary/aromatic N) is 5. The molecule has 1 fully saturated rings. The van der Waals surface area contributed by atoms with Crippen LogP contribution in [0.1, 0.15) is 12.8 Å². The second-order valence-electron chi connectivity index (χ2n) is 6.98. The Bertz CT molecular complexity index is 997. The molecular formula is C21H23N5O4. The van der Waals surface area contributed by atoms with Gasteiger partial charge in [0.05, 0.1) is 23.8 Å². The third kappa shape index (κ3) is 4.41. The van der Waals surface area contributed by atoms with Crippen LogP contribution in [0.3, 0.4) is 0 Å². The Balaban J connectivity index is 1.35. The molecule has 4 rings (SSSR count). The maximum atomic E-state index is 10.8. The van der Waals surface area contributed by atoms with E-state index in [4.69, 9.17) is 9.26 Å². The Morgan fingerprint density at radius 1 is 1.10 bits per heavy atom. The maximum absolute atomic E-state index is 10.8. The van der Waals surface area contributed by atoms with Gasteiger partial charge in [-0.05, 0) is 31.2 Å². The standard InChI is InChI=1S/C21H23N5O4/c1-2-29-19-6-4-3-5-18(19)25-13-11-24(12-14-25)15-20-22-21(23-30-20)16-7-9-17(10-8-16)26(27)28/h3-10H,2,11-15H2,1H3. The third-order valence-electron chi connectivity index (χ3n) is 5.04. The first-order chi connectivity index (χ1) is 14.6. The van der Waals surface area contributed by atoms with Gasteiger partial charge in [0.15, 0.2) is 0 Å². The Hall–Kier alpha value is -3.46. The van der Waals surface area contributed by atoms with Crippen molar-refractivity contribution in [3.8, 4) is 17.1 Å². The number of ether oxygens (including phenoxy) is 1. The smallest absolute Gasteiger partial charge is 0.269 e. The lowest BCUT2D eigenvalue weighted by atomic mass is 10.2. The van der Waals surface area contributed by atoms with Crippen LogP contribution in [0.4, 0.5) is 11.4 Å². The van der Waals surface area contributed by atoms with Crippen LogP contribution < -0.4 is 9.64 Å². The SMILES string of the molecule is CCOc1ccccc1N1CCN(Cc2nc(-c3ccc([N+](=O)[O-])cc3)no2)CC1. The number of aromatic nitrogens is 2. The molecule has 0 bridgehead atoms. The van der Waals surface area contributed by atoms with Gasteiger partial charge in [0.1, 0.15) is 5.75 Å². The van der Waals surface area contributed by atoms with Gasteiger partial charge in [-0.3, -0.25) is 15.0 Å². The van der Waals surface area contributed by atoms with Gasteiger partial charge in [-0.1, -0.05) is 17.3 Å². The van der Waals surface area contributed by atoms with Crippen molar-refractivity contribution in [1.29, 1.82) is 0 Å². The van der Waals surface area contributed by atoms with Crippen molar-refractivity contribution in [1.82, 2.24) is 15.0 Å². The first-order valence-corrected chi connectivity index (χ1v) is 9.90. The van der Waals surface area contributed by atoms with E-state index in [2.05, 4.69) is 26.0 Å². The van der Waals surface area contributed by atoms with Crippen LogP contribution in [0.5, 0.6) is 5.75 Å². The fraction of sp³-hybridized carbons (Fsp3) is 0.333. The van der Waals surface area contributed by atoms with Crippen LogP contribution in [-0.4, -0.2) is 52.7 Å². The lowest BCUT2D eigenvalue weighted by molar-refractivity contribution is -0.384. The lowest BCUT2D eigenvalue weighted by Gasteiger charge is -2.36. The van der Waals surface area contributed by atoms with Crippen LogP contribution in [0.15, 0.2) is 53.1 Å². The molecule has 0 amide bonds. The normalized spacial score (nSPS) is 14.6. The molecule has 9 heteroatoms. The van der Waals surface area contributed by atoms with Gasteiger partial charge in [0, 0.05) is 43.9 Å². The summed E-state index contributed by atoms with van der Waals surface area (Å²) in [6, 6.07) is 14.2. The summed E-state index contributed by atoms with van der Waals surface area (Å²) in [5.41, 5.74) is 1.84. The molecule has 2 aromatic carbocycles. The molecule has 0 aliphatic carbocycles. The first-order valence-electron chi connectivity index (χ1n) is 9.90. The number of nitro groups is 1. The highest BCUT2D eigenvalue weighted by Gasteiger charge is 2.21. The summed E-state index contributed by atoms with van der Waals surface area (Å²) >= 11 is 0. The second-order valence-corrected chi connectivity index (χ2v) is 6.98. The summed E-state index contributed by atoms with van der Waals surface area (Å²) in [7, 11) is 0. The highest BCUT2D eigenvalue weighted by molar-refractivity contribution is 5.59. The molecule has 0 atom stereocenters. The van der Waals surface area contributed by atoms with Crippen molar-refractivity contribution in [2.24, 2.45) is 0 Å². The highest BCUT2D eigenvalue weighted by Crippen LogP contribution is 2.29. The molecule has 0 radical (unpaired) electrons. The first kappa shape index (κ1) is 19.8. The Morgan fingerprint density at radius 3 is 2.53 bits per heavy atom. The van der Waals surface area contributed by atoms with Crippen molar-refractivity contribution in [2.45, 2.75) is 13.5 Å². The summed E-state index contributed by atoms with van der Waals surface area (Å²) in [5, 5.41) is 14.8. The molecular weight excluding hydrogens is 386 g/mol. The van der Waals surface area contributed by atoms with Crippen LogP contribution in [0.25, 0.3) is 11.4 Å². The predicted molar refractivity (Wildman–Crippen MR) is 111 cm³/mol. The van der Waals surface area contributed by atoms with Gasteiger partial charge < -0.3 is 14.2 Å². The van der Waals surface area contributed by atoms with Crippen molar-refractivity contribution in [3.63, 3.8) is 0 Å². The number of rotatable bonds is 7. The molecule has 30 heavy (non-hydrogen) atoms. The van der Waals surface area contributed by atoms with Crippen molar-refractivity contribution >= 4 is 11.4 Å². The zero-order chi connectivity index (χ0) is 20.9. The van der Waals surface area contributed by atoms with E-state index >= 15 is 0 Å². The topological polar surface area (TPSA) is 97.8 Å². The quantitative estimate of drug-likeness (QED) is 0.433. The molecule has 0 unspecified atom stereocenters. The number of hydrogen-bond donors (Lipinski definition) is 0. The van der Waals surface area contributed by atoms with Crippen molar-refractivity contribution in [2.75, 3.05) is 37.7 Å². The van der Waals surface area contributed by atoms with Gasteiger partial charge in [0.25, 0.3) is 5.69 Å². The Morgan fingerprint density at radius 2 is 1.83 bits per heavy atom. The predicted octanol–water partition coefficient (Wildman–Crippen LogP) is 3.37. The molecule has 1 aliphatic heterocycles. The summed E-state index contributed by atoms with van der Waals surface area (Å²) < 4.78 is 11.1. The number of non-ortho nitro benzene ring substituents is 1. The number of benzene rings is 2. The second kappa shape index (κ2) is 8.91. The minimum absolute atomic E-state index is 0.0336. The number of para-hydroxylation sites is 2. The Labute approximate surface area is 174 Å². The van der Waals surface area contributed by atoms with Gasteiger partial charge in [-0.2, -0.15) is 4.98 Å². The molecule has 0 saturated carbocycles. The number of piperazine rings is 1. The minimum atomic E-state index is -0.433. The van der Waals surface area contributed by atoms with Gasteiger partial charge in [-0.15, -0.1) is 0 Å². The van der Waals surface area contributed by atoms with Gasteiger partial charge in [0.2, 0.25) is 11.7 Å². The van der Waals surface area contributed by atoms with E-state index in [-0.39, 0.29) is 5.69 Å². The molecule has 1 aromatic heterocycles. The summed E-state index contributed by atoms with van der Waals surface area (Å²) in [4.78, 5) is 19.4. The van der Waals surface area contributed by atoms with Crippen LogP contribution in [-0.2, 0) is 6.54 Å². The summed E-state index contributed by atoms with van der Waals surface area (Å²) in [6.07, 6.45) is 0. The van der Waals surface area contributed by atoms with E-state index < -0.39 is 4.92 Å². The molecule has 9 nitrogen and oxygen atoms in total. The summed E-state index contributed by atoms with van der Waals surface area (Å²) in [6.45, 7) is 6.71. The fourth-order valence-corrected chi connectivity index (χ4v) is 3.50. The zero-order valence-corrected chi connectivity index (χ0v) is 16.7. The van der Waals surface area contributed by atoms with E-state index in [9.17, 15) is 10.1 Å². The van der Waals surface area contributed by atoms with Gasteiger partial charge in [-0.25, -0.2) is 0 Å². The van der Waals surface area contributed by atoms with E-state index in [0.717, 1.165) is 37.6 Å². The molecule has 1 saturated heterocycles. The van der Waals surface area contributed by atoms with E-state index in [1.807, 2.05) is 25.1 Å². The molecule has 2 heterocycles. The van der Waals surface area contributed by atoms with Crippen molar-refractivity contribution in [3.05, 3.63) is 64.5 Å². The molecule has 0 N–H and O–H groups in total. The molecule has 0 spiro atoms. The number of nitro benzene ring substituents is 1. The monoisotopic (exact) mass is 409 g/mol. The molecule has 1 aliphatic rings. The van der Waals surface area contributed by atoms with Gasteiger partial charge >= 0.3 is 0 Å². The Kier molecular flexibility index (Phi) is 5.89. The average Bonchev–Trinajstić information content (AvgIpc) is 3.23. The zero-order valence-electron chi connectivity index (χ0n) is 16.7. The highest BCUT2D eigenvalue weighted by atomic mass is 16.6. The van der Waals surface area contributed by atoms with Crippen LogP contribution in [0, 0.1) is 10.1 Å². The number of anilines is 1. The number of hydrogen-bond acceptors (Lipinski definition) is 8. The maximum Gasteiger partial charge on any atom is 0.269 e. The largest absolute Gasteiger partial charge is 0.492 e. The van der Waals surface area contributed by atoms with Crippen LogP contribution >= 0.6 is 0 Å². The minimum Gasteiger partial charge on any atom is -0.492 e. The molecule has 3 aromatic rings. The lowest BCUT2D eigenvalue weighted by Crippen LogP contribution is -2.46. The van der Waals surface area contributed by atoms with E-state index in [1.165, 1.54) is 12.1 Å². The van der Waals surface area contributed by atoms with E-state index in [0.29, 0.717) is 30.4 Å². The van der Waals surface area contributed by atoms with Crippen LogP contribution in [0.2, 0.25) is 0 Å². The third-order valence-corrected chi connectivity index (χ3v) is 5.04. The molecule has 156 valence electrons. The van der Waals surface area contributed by atoms with Crippen molar-refractivity contribution < 1.29 is 14.2 Å². The average molecular weight is 409 g/mol. The van der Waals surface area contributed by atoms with E-state index in [1.54, 1.807) is 12.1 Å². The fourth-order valence-electron chi connectivity index (χ4n) is 3.50. The summed E-state index contributed by atoms with van der Waals surface area (Å²) in [5.74, 6) is 1.88.